The van der Waals surface area contributed by atoms with Crippen LogP contribution >= 0.6 is 11.6 Å². The van der Waals surface area contributed by atoms with E-state index in [2.05, 4.69) is 4.98 Å². The van der Waals surface area contributed by atoms with Gasteiger partial charge in [-0.25, -0.2) is 9.37 Å². The number of hydrogen-bond donors (Lipinski definition) is 1. The van der Waals surface area contributed by atoms with Crippen LogP contribution in [-0.2, 0) is 0 Å². The highest BCUT2D eigenvalue weighted by atomic mass is 35.5. The Kier molecular flexibility index (Phi) is 3.79. The van der Waals surface area contributed by atoms with E-state index in [1.807, 2.05) is 0 Å². The molecular weight excluding hydrogens is 257 g/mol. The van der Waals surface area contributed by atoms with Crippen molar-refractivity contribution >= 4 is 11.6 Å². The first-order valence-corrected chi connectivity index (χ1v) is 5.71. The standard InChI is InChI=1S/C13H11ClFNO2/c1-8(17)9-4-5-16-13(6-9)18-10-2-3-12(15)11(14)7-10/h2-8,17H,1H3/t8-/m1/s1. The molecule has 0 aliphatic heterocycles. The van der Waals surface area contributed by atoms with Gasteiger partial charge in [-0.3, -0.25) is 0 Å². The molecule has 18 heavy (non-hydrogen) atoms. The SMILES string of the molecule is C[C@@H](O)c1ccnc(Oc2ccc(F)c(Cl)c2)c1. The normalized spacial score (nSPS) is 12.2. The molecule has 2 aromatic rings. The zero-order valence-corrected chi connectivity index (χ0v) is 10.4. The van der Waals surface area contributed by atoms with Gasteiger partial charge >= 0.3 is 0 Å². The molecule has 0 aliphatic carbocycles. The van der Waals surface area contributed by atoms with Crippen molar-refractivity contribution in [3.63, 3.8) is 0 Å². The van der Waals surface area contributed by atoms with Crippen molar-refractivity contribution in [1.29, 1.82) is 0 Å². The molecule has 0 bridgehead atoms. The Morgan fingerprint density at radius 3 is 2.78 bits per heavy atom. The van der Waals surface area contributed by atoms with E-state index in [0.717, 1.165) is 0 Å². The third-order valence-corrected chi connectivity index (χ3v) is 2.64. The van der Waals surface area contributed by atoms with E-state index >= 15 is 0 Å². The number of benzene rings is 1. The van der Waals surface area contributed by atoms with E-state index in [0.29, 0.717) is 17.2 Å². The molecule has 1 aromatic carbocycles. The molecular formula is C13H11ClFNO2. The summed E-state index contributed by atoms with van der Waals surface area (Å²) < 4.78 is 18.4. The highest BCUT2D eigenvalue weighted by Gasteiger charge is 2.06. The highest BCUT2D eigenvalue weighted by Crippen LogP contribution is 2.26. The summed E-state index contributed by atoms with van der Waals surface area (Å²) in [5.41, 5.74) is 0.688. The van der Waals surface area contributed by atoms with Gasteiger partial charge in [-0.05, 0) is 30.7 Å². The van der Waals surface area contributed by atoms with Gasteiger partial charge in [0.15, 0.2) is 0 Å². The number of aliphatic hydroxyl groups is 1. The molecule has 1 heterocycles. The maximum absolute atomic E-state index is 13.0. The van der Waals surface area contributed by atoms with Gasteiger partial charge in [-0.2, -0.15) is 0 Å². The number of aliphatic hydroxyl groups excluding tert-OH is 1. The number of halogens is 2. The summed E-state index contributed by atoms with van der Waals surface area (Å²) in [6.45, 7) is 1.65. The fourth-order valence-electron chi connectivity index (χ4n) is 1.40. The minimum Gasteiger partial charge on any atom is -0.439 e. The van der Waals surface area contributed by atoms with Crippen LogP contribution < -0.4 is 4.74 Å². The van der Waals surface area contributed by atoms with Crippen molar-refractivity contribution in [2.75, 3.05) is 0 Å². The van der Waals surface area contributed by atoms with Crippen LogP contribution in [0.15, 0.2) is 36.5 Å². The van der Waals surface area contributed by atoms with Crippen LogP contribution in [0.5, 0.6) is 11.6 Å². The second kappa shape index (κ2) is 5.33. The number of pyridine rings is 1. The van der Waals surface area contributed by atoms with Crippen molar-refractivity contribution in [3.8, 4) is 11.6 Å². The second-order valence-corrected chi connectivity index (χ2v) is 4.19. The molecule has 0 saturated carbocycles. The fourth-order valence-corrected chi connectivity index (χ4v) is 1.57. The largest absolute Gasteiger partial charge is 0.439 e. The Hall–Kier alpha value is -1.65. The van der Waals surface area contributed by atoms with Crippen LogP contribution in [0, 0.1) is 5.82 Å². The zero-order chi connectivity index (χ0) is 13.1. The Morgan fingerprint density at radius 1 is 1.33 bits per heavy atom. The number of aromatic nitrogens is 1. The van der Waals surface area contributed by atoms with E-state index < -0.39 is 11.9 Å². The van der Waals surface area contributed by atoms with Crippen molar-refractivity contribution < 1.29 is 14.2 Å². The zero-order valence-electron chi connectivity index (χ0n) is 9.60. The fraction of sp³-hybridized carbons (Fsp3) is 0.154. The number of nitrogens with zero attached hydrogens (tertiary/aromatic N) is 1. The van der Waals surface area contributed by atoms with E-state index in [4.69, 9.17) is 16.3 Å². The van der Waals surface area contributed by atoms with Gasteiger partial charge in [0.1, 0.15) is 11.6 Å². The summed E-state index contributed by atoms with van der Waals surface area (Å²) in [6.07, 6.45) is 0.926. The molecule has 3 nitrogen and oxygen atoms in total. The summed E-state index contributed by atoms with van der Waals surface area (Å²) in [5, 5.41) is 9.43. The highest BCUT2D eigenvalue weighted by molar-refractivity contribution is 6.30. The van der Waals surface area contributed by atoms with E-state index in [-0.39, 0.29) is 5.02 Å². The molecule has 0 saturated heterocycles. The summed E-state index contributed by atoms with van der Waals surface area (Å²) in [4.78, 5) is 4.00. The Morgan fingerprint density at radius 2 is 2.11 bits per heavy atom. The van der Waals surface area contributed by atoms with Crippen LogP contribution in [0.25, 0.3) is 0 Å². The lowest BCUT2D eigenvalue weighted by atomic mass is 10.2. The Bertz CT molecular complexity index is 560. The van der Waals surface area contributed by atoms with Crippen LogP contribution in [0.1, 0.15) is 18.6 Å². The molecule has 0 fully saturated rings. The van der Waals surface area contributed by atoms with Crippen LogP contribution in [0.2, 0.25) is 5.02 Å². The molecule has 0 aliphatic rings. The minimum atomic E-state index is -0.604. The van der Waals surface area contributed by atoms with Gasteiger partial charge < -0.3 is 9.84 Å². The smallest absolute Gasteiger partial charge is 0.219 e. The molecule has 1 aromatic heterocycles. The van der Waals surface area contributed by atoms with Crippen molar-refractivity contribution in [3.05, 3.63) is 52.9 Å². The third kappa shape index (κ3) is 2.97. The lowest BCUT2D eigenvalue weighted by Crippen LogP contribution is -1.94. The summed E-state index contributed by atoms with van der Waals surface area (Å²) in [6, 6.07) is 7.35. The van der Waals surface area contributed by atoms with Crippen molar-refractivity contribution in [2.45, 2.75) is 13.0 Å². The first-order valence-electron chi connectivity index (χ1n) is 5.33. The Balaban J connectivity index is 2.23. The maximum atomic E-state index is 13.0. The minimum absolute atomic E-state index is 0.0146. The summed E-state index contributed by atoms with van der Waals surface area (Å²) in [7, 11) is 0. The van der Waals surface area contributed by atoms with Gasteiger partial charge in [0.05, 0.1) is 11.1 Å². The molecule has 0 radical (unpaired) electrons. The molecule has 0 spiro atoms. The van der Waals surface area contributed by atoms with Gasteiger partial charge in [0.2, 0.25) is 5.88 Å². The molecule has 5 heteroatoms. The summed E-state index contributed by atoms with van der Waals surface area (Å²) >= 11 is 5.65. The van der Waals surface area contributed by atoms with E-state index in [9.17, 15) is 9.50 Å². The number of rotatable bonds is 3. The molecule has 1 atom stereocenters. The molecule has 94 valence electrons. The quantitative estimate of drug-likeness (QED) is 0.922. The predicted octanol–water partition coefficient (Wildman–Crippen LogP) is 3.72. The molecule has 0 unspecified atom stereocenters. The average Bonchev–Trinajstić information content (AvgIpc) is 2.34. The number of hydrogen-bond acceptors (Lipinski definition) is 3. The van der Waals surface area contributed by atoms with Crippen LogP contribution in [0.3, 0.4) is 0 Å². The maximum Gasteiger partial charge on any atom is 0.219 e. The van der Waals surface area contributed by atoms with Gasteiger partial charge in [-0.15, -0.1) is 0 Å². The monoisotopic (exact) mass is 267 g/mol. The molecule has 0 amide bonds. The van der Waals surface area contributed by atoms with Gasteiger partial charge in [0, 0.05) is 18.3 Å². The van der Waals surface area contributed by atoms with E-state index in [1.54, 1.807) is 19.1 Å². The van der Waals surface area contributed by atoms with Gasteiger partial charge in [0.25, 0.3) is 0 Å². The summed E-state index contributed by atoms with van der Waals surface area (Å²) in [5.74, 6) is 0.197. The second-order valence-electron chi connectivity index (χ2n) is 3.78. The lowest BCUT2D eigenvalue weighted by molar-refractivity contribution is 0.198. The third-order valence-electron chi connectivity index (χ3n) is 2.35. The van der Waals surface area contributed by atoms with Crippen LogP contribution in [-0.4, -0.2) is 10.1 Å². The van der Waals surface area contributed by atoms with Crippen LogP contribution in [0.4, 0.5) is 4.39 Å². The topological polar surface area (TPSA) is 42.4 Å². The average molecular weight is 268 g/mol. The number of ether oxygens (including phenoxy) is 1. The lowest BCUT2D eigenvalue weighted by Gasteiger charge is -2.08. The first kappa shape index (κ1) is 12.8. The predicted molar refractivity (Wildman–Crippen MR) is 66.4 cm³/mol. The Labute approximate surface area is 109 Å². The van der Waals surface area contributed by atoms with Crippen molar-refractivity contribution in [1.82, 2.24) is 4.98 Å². The molecule has 1 N–H and O–H groups in total. The first-order chi connectivity index (χ1) is 8.56. The van der Waals surface area contributed by atoms with Crippen molar-refractivity contribution in [2.24, 2.45) is 0 Å². The van der Waals surface area contributed by atoms with Gasteiger partial charge in [-0.1, -0.05) is 11.6 Å². The van der Waals surface area contributed by atoms with E-state index in [1.165, 1.54) is 24.4 Å². The molecule has 2 rings (SSSR count).